The number of pyridine rings is 1. The van der Waals surface area contributed by atoms with Crippen molar-refractivity contribution >= 4 is 22.7 Å². The molecular weight excluding hydrogens is 478 g/mol. The van der Waals surface area contributed by atoms with Gasteiger partial charge in [-0.05, 0) is 60.2 Å². The Morgan fingerprint density at radius 2 is 1.76 bits per heavy atom. The van der Waals surface area contributed by atoms with E-state index in [1.165, 1.54) is 16.7 Å². The number of hydrogen-bond donors (Lipinski definition) is 1. The number of nitrogens with zero attached hydrogens (tertiary/aromatic N) is 2. The van der Waals surface area contributed by atoms with Gasteiger partial charge >= 0.3 is 6.09 Å². The number of benzene rings is 3. The Morgan fingerprint density at radius 3 is 2.58 bits per heavy atom. The van der Waals surface area contributed by atoms with Crippen molar-refractivity contribution in [1.29, 1.82) is 0 Å². The quantitative estimate of drug-likeness (QED) is 0.296. The van der Waals surface area contributed by atoms with Crippen LogP contribution in [0.1, 0.15) is 29.2 Å². The minimum Gasteiger partial charge on any atom is -0.493 e. The van der Waals surface area contributed by atoms with Crippen LogP contribution in [0.5, 0.6) is 11.5 Å². The van der Waals surface area contributed by atoms with Gasteiger partial charge in [0.15, 0.2) is 11.5 Å². The molecule has 1 atom stereocenters. The van der Waals surface area contributed by atoms with Crippen LogP contribution in [-0.4, -0.2) is 49.9 Å². The Bertz CT molecular complexity index is 1390. The molecule has 38 heavy (non-hydrogen) atoms. The molecule has 196 valence electrons. The summed E-state index contributed by atoms with van der Waals surface area (Å²) in [6, 6.07) is 24.4. The predicted octanol–water partition coefficient (Wildman–Crippen LogP) is 6.03. The molecule has 0 radical (unpaired) electrons. The third-order valence-corrected chi connectivity index (χ3v) is 7.16. The fourth-order valence-corrected chi connectivity index (χ4v) is 5.24. The van der Waals surface area contributed by atoms with Gasteiger partial charge in [-0.2, -0.15) is 0 Å². The molecule has 2 heterocycles. The number of aromatic nitrogens is 1. The first-order valence-corrected chi connectivity index (χ1v) is 13.0. The molecule has 1 aliphatic heterocycles. The maximum Gasteiger partial charge on any atom is 0.411 e. The summed E-state index contributed by atoms with van der Waals surface area (Å²) >= 11 is 0. The molecule has 0 saturated heterocycles. The van der Waals surface area contributed by atoms with Gasteiger partial charge in [0.05, 0.1) is 25.4 Å². The number of carbonyl (C=O) groups excluding carboxylic acids is 1. The summed E-state index contributed by atoms with van der Waals surface area (Å²) in [6.45, 7) is 1.80. The number of amides is 1. The van der Waals surface area contributed by atoms with Gasteiger partial charge in [-0.15, -0.1) is 0 Å². The van der Waals surface area contributed by atoms with Crippen LogP contribution >= 0.6 is 0 Å². The SMILES string of the molecule is COc1cc2c(cc1OC)C(CCc1ccccc1)N(CCOC(=O)Nc1ccnc3ccccc13)CC2. The van der Waals surface area contributed by atoms with E-state index in [4.69, 9.17) is 14.2 Å². The van der Waals surface area contributed by atoms with Crippen molar-refractivity contribution in [3.8, 4) is 11.5 Å². The molecule has 1 aliphatic rings. The van der Waals surface area contributed by atoms with Crippen LogP contribution in [0.25, 0.3) is 10.9 Å². The standard InChI is InChI=1S/C31H33N3O4/c1-36-29-20-23-15-17-34(28(25(23)21-30(29)37-2)13-12-22-8-4-3-5-9-22)18-19-38-31(35)33-27-14-16-32-26-11-7-6-10-24(26)27/h3-11,14,16,20-21,28H,12-13,15,17-19H2,1-2H3,(H,32,33,35). The Labute approximate surface area is 223 Å². The van der Waals surface area contributed by atoms with E-state index in [0.717, 1.165) is 48.2 Å². The van der Waals surface area contributed by atoms with Gasteiger partial charge < -0.3 is 14.2 Å². The lowest BCUT2D eigenvalue weighted by Gasteiger charge is -2.38. The second-order valence-corrected chi connectivity index (χ2v) is 9.37. The summed E-state index contributed by atoms with van der Waals surface area (Å²) in [7, 11) is 3.34. The zero-order valence-electron chi connectivity index (χ0n) is 21.9. The summed E-state index contributed by atoms with van der Waals surface area (Å²) in [5.74, 6) is 1.49. The highest BCUT2D eigenvalue weighted by Crippen LogP contribution is 2.39. The molecule has 0 fully saturated rings. The number of carbonyl (C=O) groups is 1. The molecule has 1 N–H and O–H groups in total. The van der Waals surface area contributed by atoms with Gasteiger partial charge in [-0.1, -0.05) is 48.5 Å². The first kappa shape index (κ1) is 25.5. The van der Waals surface area contributed by atoms with Crippen LogP contribution in [0.2, 0.25) is 0 Å². The summed E-state index contributed by atoms with van der Waals surface area (Å²) in [4.78, 5) is 19.4. The maximum atomic E-state index is 12.6. The van der Waals surface area contributed by atoms with Gasteiger partial charge in [0, 0.05) is 30.7 Å². The minimum absolute atomic E-state index is 0.176. The van der Waals surface area contributed by atoms with Crippen molar-refractivity contribution in [3.63, 3.8) is 0 Å². The van der Waals surface area contributed by atoms with Crippen LogP contribution in [0.3, 0.4) is 0 Å². The number of anilines is 1. The molecule has 7 heteroatoms. The molecule has 0 saturated carbocycles. The predicted molar refractivity (Wildman–Crippen MR) is 149 cm³/mol. The van der Waals surface area contributed by atoms with Crippen LogP contribution in [0.4, 0.5) is 10.5 Å². The number of para-hydroxylation sites is 1. The lowest BCUT2D eigenvalue weighted by Crippen LogP contribution is -2.38. The topological polar surface area (TPSA) is 72.9 Å². The summed E-state index contributed by atoms with van der Waals surface area (Å²) in [5.41, 5.74) is 5.35. The van der Waals surface area contributed by atoms with Crippen molar-refractivity contribution in [2.75, 3.05) is 39.2 Å². The van der Waals surface area contributed by atoms with Crippen LogP contribution in [0.15, 0.2) is 79.0 Å². The van der Waals surface area contributed by atoms with Gasteiger partial charge in [-0.25, -0.2) is 4.79 Å². The Hall–Kier alpha value is -4.10. The average molecular weight is 512 g/mol. The summed E-state index contributed by atoms with van der Waals surface area (Å²) in [5, 5.41) is 3.75. The average Bonchev–Trinajstić information content (AvgIpc) is 2.96. The highest BCUT2D eigenvalue weighted by atomic mass is 16.5. The maximum absolute atomic E-state index is 12.6. The van der Waals surface area contributed by atoms with E-state index in [9.17, 15) is 4.79 Å². The Morgan fingerprint density at radius 1 is 1.00 bits per heavy atom. The molecule has 0 bridgehead atoms. The van der Waals surface area contributed by atoms with Crippen LogP contribution in [0, 0.1) is 0 Å². The first-order chi connectivity index (χ1) is 18.7. The van der Waals surface area contributed by atoms with Crippen molar-refractivity contribution in [2.45, 2.75) is 25.3 Å². The molecule has 5 rings (SSSR count). The monoisotopic (exact) mass is 511 g/mol. The smallest absolute Gasteiger partial charge is 0.411 e. The molecular formula is C31H33N3O4. The highest BCUT2D eigenvalue weighted by molar-refractivity contribution is 5.98. The van der Waals surface area contributed by atoms with Crippen molar-refractivity contribution in [2.24, 2.45) is 0 Å². The second kappa shape index (κ2) is 12.0. The lowest BCUT2D eigenvalue weighted by atomic mass is 9.88. The van der Waals surface area contributed by atoms with Crippen molar-refractivity contribution < 1.29 is 19.0 Å². The molecule has 1 aromatic heterocycles. The van der Waals surface area contributed by atoms with E-state index in [1.807, 2.05) is 30.3 Å². The number of nitrogens with one attached hydrogen (secondary N) is 1. The third-order valence-electron chi connectivity index (χ3n) is 7.16. The number of rotatable bonds is 9. The molecule has 1 amide bonds. The molecule has 7 nitrogen and oxygen atoms in total. The number of hydrogen-bond acceptors (Lipinski definition) is 6. The first-order valence-electron chi connectivity index (χ1n) is 13.0. The van der Waals surface area contributed by atoms with Gasteiger partial charge in [0.25, 0.3) is 0 Å². The fraction of sp³-hybridized carbons (Fsp3) is 0.290. The van der Waals surface area contributed by atoms with Crippen LogP contribution in [-0.2, 0) is 17.6 Å². The summed E-state index contributed by atoms with van der Waals surface area (Å²) < 4.78 is 16.8. The van der Waals surface area contributed by atoms with Crippen molar-refractivity contribution in [3.05, 3.63) is 95.7 Å². The second-order valence-electron chi connectivity index (χ2n) is 9.37. The van der Waals surface area contributed by atoms with E-state index < -0.39 is 6.09 Å². The highest BCUT2D eigenvalue weighted by Gasteiger charge is 2.29. The molecule has 4 aromatic rings. The van der Waals surface area contributed by atoms with E-state index in [0.29, 0.717) is 18.8 Å². The number of methoxy groups -OCH3 is 2. The summed E-state index contributed by atoms with van der Waals surface area (Å²) in [6.07, 6.45) is 4.01. The normalized spacial score (nSPS) is 15.1. The minimum atomic E-state index is -0.467. The van der Waals surface area contributed by atoms with E-state index in [2.05, 4.69) is 51.6 Å². The van der Waals surface area contributed by atoms with Crippen molar-refractivity contribution in [1.82, 2.24) is 9.88 Å². The number of aryl methyl sites for hydroxylation is 1. The Balaban J connectivity index is 1.28. The Kier molecular flexibility index (Phi) is 8.04. The van der Waals surface area contributed by atoms with E-state index in [-0.39, 0.29) is 6.04 Å². The molecule has 3 aromatic carbocycles. The van der Waals surface area contributed by atoms with E-state index in [1.54, 1.807) is 26.5 Å². The van der Waals surface area contributed by atoms with Gasteiger partial charge in [0.2, 0.25) is 0 Å². The zero-order valence-corrected chi connectivity index (χ0v) is 21.9. The third kappa shape index (κ3) is 5.73. The molecule has 0 spiro atoms. The number of fused-ring (bicyclic) bond motifs is 2. The number of ether oxygens (including phenoxy) is 3. The largest absolute Gasteiger partial charge is 0.493 e. The van der Waals surface area contributed by atoms with Gasteiger partial charge in [-0.3, -0.25) is 15.2 Å². The van der Waals surface area contributed by atoms with Crippen LogP contribution < -0.4 is 14.8 Å². The molecule has 1 unspecified atom stereocenters. The lowest BCUT2D eigenvalue weighted by molar-refractivity contribution is 0.112. The van der Waals surface area contributed by atoms with Gasteiger partial charge in [0.1, 0.15) is 6.61 Å². The zero-order chi connectivity index (χ0) is 26.3. The fourth-order valence-electron chi connectivity index (χ4n) is 5.24. The molecule has 0 aliphatic carbocycles. The van der Waals surface area contributed by atoms with E-state index >= 15 is 0 Å².